The van der Waals surface area contributed by atoms with Crippen LogP contribution in [-0.2, 0) is 0 Å². The van der Waals surface area contributed by atoms with Crippen molar-refractivity contribution in [2.45, 2.75) is 0 Å². The molecule has 0 bridgehead atoms. The van der Waals surface area contributed by atoms with Gasteiger partial charge in [0.1, 0.15) is 22.9 Å². The fourth-order valence-electron chi connectivity index (χ4n) is 5.94. The summed E-state index contributed by atoms with van der Waals surface area (Å²) in [5.74, 6) is 1.49. The van der Waals surface area contributed by atoms with Gasteiger partial charge in [0.15, 0.2) is 16.3 Å². The number of aromatic nitrogens is 2. The molecule has 0 atom stereocenters. The molecule has 8 aromatic rings. The summed E-state index contributed by atoms with van der Waals surface area (Å²) in [5, 5.41) is 4.50. The zero-order valence-corrected chi connectivity index (χ0v) is 32.1. The van der Waals surface area contributed by atoms with Crippen LogP contribution < -0.4 is 30.3 Å². The predicted octanol–water partition coefficient (Wildman–Crippen LogP) is 10.5. The van der Waals surface area contributed by atoms with Crippen LogP contribution in [0, 0.1) is 0 Å². The lowest BCUT2D eigenvalue weighted by Crippen LogP contribution is -2.15. The molecule has 0 aliphatic rings. The Bertz CT molecular complexity index is 2300. The molecular weight excluding hydrogens is 727 g/mol. The second-order valence-corrected chi connectivity index (χ2v) is 16.1. The van der Waals surface area contributed by atoms with Gasteiger partial charge >= 0.3 is 0 Å². The highest BCUT2D eigenvalue weighted by molar-refractivity contribution is 7.69. The monoisotopic (exact) mass is 762 g/mol. The van der Waals surface area contributed by atoms with Crippen molar-refractivity contribution in [1.29, 1.82) is 0 Å². The number of nitrogens with zero attached hydrogens (tertiary/aromatic N) is 4. The molecule has 0 unspecified atom stereocenters. The Morgan fingerprint density at radius 2 is 0.679 bits per heavy atom. The number of hydrogen-bond donors (Lipinski definition) is 0. The highest BCUT2D eigenvalue weighted by Gasteiger charge is 2.20. The highest BCUT2D eigenvalue weighted by atomic mass is 31.1. The fraction of sp³-hybridized carbons (Fsp3) is 0. The number of aliphatic imine (C=N–C) groups is 2. The average molecular weight is 763 g/mol. The van der Waals surface area contributed by atoms with Gasteiger partial charge in [-0.25, -0.2) is 0 Å². The van der Waals surface area contributed by atoms with E-state index >= 15 is 0 Å². The Labute approximate surface area is 329 Å². The minimum absolute atomic E-state index is 0.618. The minimum atomic E-state index is -1.12. The molecule has 0 N–H and O–H groups in total. The van der Waals surface area contributed by atoms with Crippen LogP contribution >= 0.6 is 16.3 Å². The first kappa shape index (κ1) is 36.4. The van der Waals surface area contributed by atoms with Gasteiger partial charge in [0.25, 0.3) is 0 Å². The van der Waals surface area contributed by atoms with E-state index in [0.29, 0.717) is 22.8 Å². The van der Waals surface area contributed by atoms with Crippen molar-refractivity contribution in [1.82, 2.24) is 9.97 Å². The number of hydrogen-bond acceptors (Lipinski definition) is 6. The largest absolute Gasteiger partial charge is 0.464 e. The molecule has 0 saturated heterocycles. The van der Waals surface area contributed by atoms with E-state index in [0.717, 1.165) is 43.8 Å². The number of rotatable bonds is 13. The molecule has 0 radical (unpaired) electrons. The maximum atomic E-state index is 6.82. The summed E-state index contributed by atoms with van der Waals surface area (Å²) in [6, 6.07) is 64.9. The summed E-state index contributed by atoms with van der Waals surface area (Å²) in [6.07, 6.45) is 7.16. The standard InChI is InChI=1S/C48H36N4O2P2/c1-5-21-39(22-6-1)55(40-23-7-2-8-24-40)53-45-31-15-13-19-37(45)35-51-43-29-17-33-49-47(43)48-44(30-18-34-50-48)52-36-38-20-14-16-32-46(38)54-56(41-25-9-3-10-26-41)42-27-11-4-12-28-42/h1-36H. The SMILES string of the molecule is C(=Nc1cccnc1-c1ncccc1N=Cc1ccccc1OP(c1ccccc1)c1ccccc1)c1ccccc1OP(c1ccccc1)c1ccccc1. The van der Waals surface area contributed by atoms with Gasteiger partial charge < -0.3 is 9.05 Å². The molecule has 270 valence electrons. The third kappa shape index (κ3) is 8.86. The van der Waals surface area contributed by atoms with Crippen molar-refractivity contribution < 1.29 is 9.05 Å². The number of para-hydroxylation sites is 2. The van der Waals surface area contributed by atoms with Crippen molar-refractivity contribution in [2.75, 3.05) is 0 Å². The van der Waals surface area contributed by atoms with Gasteiger partial charge in [-0.2, -0.15) is 0 Å². The topological polar surface area (TPSA) is 69.0 Å². The lowest BCUT2D eigenvalue weighted by atomic mass is 10.1. The second kappa shape index (κ2) is 18.2. The maximum absolute atomic E-state index is 6.82. The highest BCUT2D eigenvalue weighted by Crippen LogP contribution is 2.40. The Balaban J connectivity index is 1.08. The van der Waals surface area contributed by atoms with Crippen LogP contribution in [0.2, 0.25) is 0 Å². The molecule has 0 aliphatic heterocycles. The molecule has 0 spiro atoms. The Morgan fingerprint density at radius 1 is 0.357 bits per heavy atom. The van der Waals surface area contributed by atoms with E-state index in [1.165, 1.54) is 0 Å². The molecule has 2 heterocycles. The Hall–Kier alpha value is -6.58. The third-order valence-corrected chi connectivity index (χ3v) is 12.5. The summed E-state index contributed by atoms with van der Waals surface area (Å²) in [4.78, 5) is 19.4. The smallest absolute Gasteiger partial charge is 0.150 e. The van der Waals surface area contributed by atoms with Gasteiger partial charge in [-0.15, -0.1) is 0 Å². The van der Waals surface area contributed by atoms with E-state index in [9.17, 15) is 0 Å². The summed E-state index contributed by atoms with van der Waals surface area (Å²) in [7, 11) is -2.24. The molecule has 8 heteroatoms. The van der Waals surface area contributed by atoms with Crippen LogP contribution in [0.25, 0.3) is 11.4 Å². The molecule has 0 saturated carbocycles. The van der Waals surface area contributed by atoms with Crippen molar-refractivity contribution in [3.63, 3.8) is 0 Å². The van der Waals surface area contributed by atoms with Gasteiger partial charge in [-0.3, -0.25) is 20.0 Å². The summed E-state index contributed by atoms with van der Waals surface area (Å²) >= 11 is 0. The van der Waals surface area contributed by atoms with E-state index in [-0.39, 0.29) is 0 Å². The zero-order valence-electron chi connectivity index (χ0n) is 30.3. The Morgan fingerprint density at radius 3 is 1.04 bits per heavy atom. The second-order valence-electron chi connectivity index (χ2n) is 12.4. The van der Waals surface area contributed by atoms with Crippen LogP contribution in [0.5, 0.6) is 11.5 Å². The van der Waals surface area contributed by atoms with Gasteiger partial charge in [0, 0.05) is 57.2 Å². The van der Waals surface area contributed by atoms with E-state index < -0.39 is 16.3 Å². The minimum Gasteiger partial charge on any atom is -0.464 e. The molecule has 6 aromatic carbocycles. The lowest BCUT2D eigenvalue weighted by molar-refractivity contribution is 0.628. The van der Waals surface area contributed by atoms with Gasteiger partial charge in [0.2, 0.25) is 0 Å². The van der Waals surface area contributed by atoms with Crippen molar-refractivity contribution >= 4 is 61.3 Å². The van der Waals surface area contributed by atoms with E-state index in [1.54, 1.807) is 12.4 Å². The van der Waals surface area contributed by atoms with Crippen LogP contribution in [0.15, 0.2) is 217 Å². The molecule has 0 amide bonds. The first-order valence-electron chi connectivity index (χ1n) is 18.1. The molecule has 2 aromatic heterocycles. The van der Waals surface area contributed by atoms with Gasteiger partial charge in [0.05, 0.1) is 11.4 Å². The number of pyridine rings is 2. The van der Waals surface area contributed by atoms with Crippen LogP contribution in [0.4, 0.5) is 11.4 Å². The van der Waals surface area contributed by atoms with Gasteiger partial charge in [-0.05, 0) is 48.5 Å². The summed E-state index contributed by atoms with van der Waals surface area (Å²) < 4.78 is 13.6. The predicted molar refractivity (Wildman–Crippen MR) is 234 cm³/mol. The average Bonchev–Trinajstić information content (AvgIpc) is 3.28. The van der Waals surface area contributed by atoms with Crippen LogP contribution in [0.1, 0.15) is 11.1 Å². The van der Waals surface area contributed by atoms with Crippen LogP contribution in [0.3, 0.4) is 0 Å². The first-order valence-corrected chi connectivity index (χ1v) is 20.6. The van der Waals surface area contributed by atoms with Crippen molar-refractivity contribution in [3.05, 3.63) is 218 Å². The van der Waals surface area contributed by atoms with Crippen molar-refractivity contribution in [3.8, 4) is 22.9 Å². The van der Waals surface area contributed by atoms with Crippen LogP contribution in [-0.4, -0.2) is 22.4 Å². The molecule has 6 nitrogen and oxygen atoms in total. The maximum Gasteiger partial charge on any atom is 0.150 e. The van der Waals surface area contributed by atoms with Gasteiger partial charge in [-0.1, -0.05) is 146 Å². The van der Waals surface area contributed by atoms with E-state index in [2.05, 4.69) is 48.5 Å². The fourth-order valence-corrected chi connectivity index (χ4v) is 9.46. The van der Waals surface area contributed by atoms with E-state index in [4.69, 9.17) is 29.0 Å². The molecule has 0 aliphatic carbocycles. The number of benzene rings is 6. The molecule has 8 rings (SSSR count). The zero-order chi connectivity index (χ0) is 37.8. The van der Waals surface area contributed by atoms with Crippen molar-refractivity contribution in [2.24, 2.45) is 9.98 Å². The Kier molecular flexibility index (Phi) is 11.8. The summed E-state index contributed by atoms with van der Waals surface area (Å²) in [6.45, 7) is 0. The molecule has 56 heavy (non-hydrogen) atoms. The quantitative estimate of drug-likeness (QED) is 0.0867. The normalized spacial score (nSPS) is 11.4. The first-order chi connectivity index (χ1) is 27.8. The third-order valence-electron chi connectivity index (χ3n) is 8.66. The molecule has 0 fully saturated rings. The van der Waals surface area contributed by atoms with E-state index in [1.807, 2.05) is 158 Å². The summed E-state index contributed by atoms with van der Waals surface area (Å²) in [5.41, 5.74) is 4.25. The lowest BCUT2D eigenvalue weighted by Gasteiger charge is -2.20. The molecular formula is C48H36N4O2P2.